The van der Waals surface area contributed by atoms with Gasteiger partial charge in [-0.05, 0) is 42.5 Å². The lowest BCUT2D eigenvalue weighted by atomic mass is 10.2. The zero-order valence-electron chi connectivity index (χ0n) is 12.3. The summed E-state index contributed by atoms with van der Waals surface area (Å²) in [6.45, 7) is 0. The Morgan fingerprint density at radius 1 is 1.22 bits per heavy atom. The number of anilines is 2. The van der Waals surface area contributed by atoms with E-state index in [0.29, 0.717) is 11.4 Å². The molecule has 0 saturated carbocycles. The van der Waals surface area contributed by atoms with Crippen molar-refractivity contribution >= 4 is 33.2 Å². The Bertz CT molecular complexity index is 764. The molecule has 0 aliphatic carbocycles. The summed E-state index contributed by atoms with van der Waals surface area (Å²) in [6.07, 6.45) is 1.38. The third kappa shape index (κ3) is 4.87. The van der Waals surface area contributed by atoms with E-state index < -0.39 is 5.91 Å². The molecule has 0 saturated heterocycles. The van der Waals surface area contributed by atoms with Crippen LogP contribution in [-0.2, 0) is 4.79 Å². The highest BCUT2D eigenvalue weighted by Crippen LogP contribution is 2.17. The number of halogens is 1. The molecule has 0 heterocycles. The van der Waals surface area contributed by atoms with Crippen molar-refractivity contribution in [2.24, 2.45) is 0 Å². The predicted molar refractivity (Wildman–Crippen MR) is 93.1 cm³/mol. The Hall–Kier alpha value is -2.78. The van der Waals surface area contributed by atoms with Gasteiger partial charge in [0.25, 0.3) is 5.91 Å². The summed E-state index contributed by atoms with van der Waals surface area (Å²) >= 11 is 3.36. The minimum absolute atomic E-state index is 0.0270. The standard InChI is InChI=1S/C17H14BrN3O2/c1-23-16-7-5-14(6-8-16)21-17(22)12(10-19)11-20-15-4-2-3-13(18)9-15/h2-9,11,20H,1H3,(H,21,22)/b12-11-. The number of benzene rings is 2. The Balaban J connectivity index is 2.05. The van der Waals surface area contributed by atoms with Crippen LogP contribution in [0.4, 0.5) is 11.4 Å². The van der Waals surface area contributed by atoms with E-state index in [1.54, 1.807) is 31.4 Å². The highest BCUT2D eigenvalue weighted by Gasteiger charge is 2.09. The molecule has 0 radical (unpaired) electrons. The van der Waals surface area contributed by atoms with Crippen LogP contribution in [0.15, 0.2) is 64.8 Å². The van der Waals surface area contributed by atoms with Crippen molar-refractivity contribution in [1.29, 1.82) is 5.26 Å². The summed E-state index contributed by atoms with van der Waals surface area (Å²) in [6, 6.07) is 16.1. The molecule has 5 nitrogen and oxygen atoms in total. The van der Waals surface area contributed by atoms with Gasteiger partial charge in [-0.1, -0.05) is 22.0 Å². The number of nitriles is 1. The van der Waals surface area contributed by atoms with Gasteiger partial charge in [0.15, 0.2) is 0 Å². The molecule has 2 aromatic rings. The second kappa shape index (κ2) is 8.01. The maximum absolute atomic E-state index is 12.1. The van der Waals surface area contributed by atoms with Gasteiger partial charge in [0.05, 0.1) is 7.11 Å². The van der Waals surface area contributed by atoms with Gasteiger partial charge in [-0.3, -0.25) is 4.79 Å². The van der Waals surface area contributed by atoms with Crippen molar-refractivity contribution in [3.8, 4) is 11.8 Å². The minimum Gasteiger partial charge on any atom is -0.497 e. The fraction of sp³-hybridized carbons (Fsp3) is 0.0588. The number of methoxy groups -OCH3 is 1. The van der Waals surface area contributed by atoms with E-state index in [1.807, 2.05) is 30.3 Å². The van der Waals surface area contributed by atoms with Gasteiger partial charge in [-0.15, -0.1) is 0 Å². The molecular weight excluding hydrogens is 358 g/mol. The van der Waals surface area contributed by atoms with E-state index in [1.165, 1.54) is 6.20 Å². The van der Waals surface area contributed by atoms with Gasteiger partial charge in [-0.2, -0.15) is 5.26 Å². The molecule has 2 aromatic carbocycles. The number of carbonyl (C=O) groups excluding carboxylic acids is 1. The Kier molecular flexibility index (Phi) is 5.78. The Morgan fingerprint density at radius 3 is 2.57 bits per heavy atom. The Morgan fingerprint density at radius 2 is 1.96 bits per heavy atom. The fourth-order valence-electron chi connectivity index (χ4n) is 1.76. The number of rotatable bonds is 5. The van der Waals surface area contributed by atoms with Crippen LogP contribution in [0.3, 0.4) is 0 Å². The molecular formula is C17H14BrN3O2. The number of carbonyl (C=O) groups is 1. The molecule has 116 valence electrons. The number of nitrogens with one attached hydrogen (secondary N) is 2. The lowest BCUT2D eigenvalue weighted by molar-refractivity contribution is -0.112. The van der Waals surface area contributed by atoms with Crippen molar-refractivity contribution in [2.75, 3.05) is 17.7 Å². The third-order valence-corrected chi connectivity index (χ3v) is 3.41. The first-order valence-electron chi connectivity index (χ1n) is 6.70. The average molecular weight is 372 g/mol. The lowest BCUT2D eigenvalue weighted by Gasteiger charge is -2.06. The SMILES string of the molecule is COc1ccc(NC(=O)/C(C#N)=C\Nc2cccc(Br)c2)cc1. The van der Waals surface area contributed by atoms with E-state index in [0.717, 1.165) is 10.2 Å². The van der Waals surface area contributed by atoms with Crippen LogP contribution in [0.1, 0.15) is 0 Å². The Labute approximate surface area is 142 Å². The molecule has 0 spiro atoms. The highest BCUT2D eigenvalue weighted by atomic mass is 79.9. The predicted octanol–water partition coefficient (Wildman–Crippen LogP) is 3.92. The second-order valence-electron chi connectivity index (χ2n) is 4.51. The third-order valence-electron chi connectivity index (χ3n) is 2.92. The number of nitrogens with zero attached hydrogens (tertiary/aromatic N) is 1. The second-order valence-corrected chi connectivity index (χ2v) is 5.42. The van der Waals surface area contributed by atoms with Crippen molar-refractivity contribution < 1.29 is 9.53 Å². The molecule has 2 N–H and O–H groups in total. The van der Waals surface area contributed by atoms with Crippen LogP contribution in [0, 0.1) is 11.3 Å². The number of hydrogen-bond donors (Lipinski definition) is 2. The van der Waals surface area contributed by atoms with E-state index in [9.17, 15) is 4.79 Å². The summed E-state index contributed by atoms with van der Waals surface area (Å²) in [7, 11) is 1.57. The fourth-order valence-corrected chi connectivity index (χ4v) is 2.15. The minimum atomic E-state index is -0.486. The van der Waals surface area contributed by atoms with Crippen LogP contribution < -0.4 is 15.4 Å². The normalized spacial score (nSPS) is 10.6. The molecule has 0 aliphatic heterocycles. The van der Waals surface area contributed by atoms with E-state index in [2.05, 4.69) is 26.6 Å². The largest absolute Gasteiger partial charge is 0.497 e. The van der Waals surface area contributed by atoms with Gasteiger partial charge in [0.2, 0.25) is 0 Å². The highest BCUT2D eigenvalue weighted by molar-refractivity contribution is 9.10. The van der Waals surface area contributed by atoms with Crippen molar-refractivity contribution in [1.82, 2.24) is 0 Å². The summed E-state index contributed by atoms with van der Waals surface area (Å²) in [5.74, 6) is 0.204. The van der Waals surface area contributed by atoms with Crippen molar-refractivity contribution in [3.05, 3.63) is 64.8 Å². The van der Waals surface area contributed by atoms with Crippen LogP contribution in [0.5, 0.6) is 5.75 Å². The first kappa shape index (κ1) is 16.6. The van der Waals surface area contributed by atoms with Gasteiger partial charge in [0, 0.05) is 22.0 Å². The molecule has 0 fully saturated rings. The van der Waals surface area contributed by atoms with Crippen molar-refractivity contribution in [3.63, 3.8) is 0 Å². The molecule has 0 aliphatic rings. The first-order chi connectivity index (χ1) is 11.1. The van der Waals surface area contributed by atoms with Gasteiger partial charge < -0.3 is 15.4 Å². The zero-order valence-corrected chi connectivity index (χ0v) is 13.9. The molecule has 0 atom stereocenters. The number of amides is 1. The monoisotopic (exact) mass is 371 g/mol. The van der Waals surface area contributed by atoms with E-state index in [-0.39, 0.29) is 5.57 Å². The molecule has 0 aromatic heterocycles. The van der Waals surface area contributed by atoms with Crippen LogP contribution in [-0.4, -0.2) is 13.0 Å². The quantitative estimate of drug-likeness (QED) is 0.616. The summed E-state index contributed by atoms with van der Waals surface area (Å²) in [4.78, 5) is 12.1. The maximum Gasteiger partial charge on any atom is 0.267 e. The molecule has 6 heteroatoms. The first-order valence-corrected chi connectivity index (χ1v) is 7.49. The smallest absolute Gasteiger partial charge is 0.267 e. The van der Waals surface area contributed by atoms with Gasteiger partial charge >= 0.3 is 0 Å². The van der Waals surface area contributed by atoms with Crippen LogP contribution in [0.2, 0.25) is 0 Å². The summed E-state index contributed by atoms with van der Waals surface area (Å²) in [5, 5.41) is 14.7. The molecule has 1 amide bonds. The number of hydrogen-bond acceptors (Lipinski definition) is 4. The van der Waals surface area contributed by atoms with Crippen molar-refractivity contribution in [2.45, 2.75) is 0 Å². The molecule has 0 bridgehead atoms. The molecule has 0 unspecified atom stereocenters. The van der Waals surface area contributed by atoms with Gasteiger partial charge in [0.1, 0.15) is 17.4 Å². The lowest BCUT2D eigenvalue weighted by Crippen LogP contribution is -2.14. The van der Waals surface area contributed by atoms with E-state index in [4.69, 9.17) is 10.00 Å². The topological polar surface area (TPSA) is 74.1 Å². The average Bonchev–Trinajstić information content (AvgIpc) is 2.56. The van der Waals surface area contributed by atoms with E-state index >= 15 is 0 Å². The maximum atomic E-state index is 12.1. The van der Waals surface area contributed by atoms with Crippen LogP contribution in [0.25, 0.3) is 0 Å². The summed E-state index contributed by atoms with van der Waals surface area (Å²) in [5.41, 5.74) is 1.32. The summed E-state index contributed by atoms with van der Waals surface area (Å²) < 4.78 is 5.95. The van der Waals surface area contributed by atoms with Gasteiger partial charge in [-0.25, -0.2) is 0 Å². The molecule has 23 heavy (non-hydrogen) atoms. The number of ether oxygens (including phenoxy) is 1. The molecule has 2 rings (SSSR count). The van der Waals surface area contributed by atoms with Crippen LogP contribution >= 0.6 is 15.9 Å². The zero-order chi connectivity index (χ0) is 16.7.